The third kappa shape index (κ3) is 2.84. The summed E-state index contributed by atoms with van der Waals surface area (Å²) in [4.78, 5) is 7.68. The molecule has 0 aliphatic rings. The summed E-state index contributed by atoms with van der Waals surface area (Å²) in [6.45, 7) is 0. The van der Waals surface area contributed by atoms with E-state index in [2.05, 4.69) is 31.3 Å². The standard InChI is InChI=1S/C10H9BrFN5O/c11-6-3-5(1-2-7(6)12)18-9-4-8(17-14)15-10(13)16-9/h1-4H,14H2,(H3,13,15,16,17). The molecule has 18 heavy (non-hydrogen) atoms. The largest absolute Gasteiger partial charge is 0.439 e. The number of hydrogen-bond acceptors (Lipinski definition) is 6. The van der Waals surface area contributed by atoms with Gasteiger partial charge in [0.1, 0.15) is 17.4 Å². The van der Waals surface area contributed by atoms with Gasteiger partial charge in [-0.05, 0) is 34.1 Å². The van der Waals surface area contributed by atoms with E-state index in [0.717, 1.165) is 0 Å². The van der Waals surface area contributed by atoms with E-state index in [1.54, 1.807) is 0 Å². The topological polar surface area (TPSA) is 99.1 Å². The van der Waals surface area contributed by atoms with Gasteiger partial charge in [-0.2, -0.15) is 9.97 Å². The summed E-state index contributed by atoms with van der Waals surface area (Å²) in [7, 11) is 0. The average molecular weight is 314 g/mol. The second-order valence-electron chi connectivity index (χ2n) is 3.27. The third-order valence-corrected chi connectivity index (χ3v) is 2.59. The highest BCUT2D eigenvalue weighted by Crippen LogP contribution is 2.26. The Morgan fingerprint density at radius 3 is 2.72 bits per heavy atom. The fraction of sp³-hybridized carbons (Fsp3) is 0. The number of aromatic nitrogens is 2. The second-order valence-corrected chi connectivity index (χ2v) is 4.13. The van der Waals surface area contributed by atoms with Crippen LogP contribution in [0.1, 0.15) is 0 Å². The molecule has 0 unspecified atom stereocenters. The van der Waals surface area contributed by atoms with E-state index in [-0.39, 0.29) is 17.6 Å². The van der Waals surface area contributed by atoms with Crippen LogP contribution in [0.3, 0.4) is 0 Å². The molecule has 6 nitrogen and oxygen atoms in total. The van der Waals surface area contributed by atoms with Crippen molar-refractivity contribution in [3.8, 4) is 11.6 Å². The first kappa shape index (κ1) is 12.5. The van der Waals surface area contributed by atoms with Crippen LogP contribution >= 0.6 is 15.9 Å². The molecule has 2 aromatic rings. The Balaban J connectivity index is 2.27. The SMILES string of the molecule is NNc1cc(Oc2ccc(F)c(Br)c2)nc(N)n1. The van der Waals surface area contributed by atoms with Crippen LogP contribution in [0.4, 0.5) is 16.2 Å². The summed E-state index contributed by atoms with van der Waals surface area (Å²) in [5.74, 6) is 5.78. The molecule has 0 atom stereocenters. The van der Waals surface area contributed by atoms with Gasteiger partial charge in [-0.15, -0.1) is 0 Å². The van der Waals surface area contributed by atoms with E-state index in [1.807, 2.05) is 0 Å². The van der Waals surface area contributed by atoms with Gasteiger partial charge < -0.3 is 15.9 Å². The Morgan fingerprint density at radius 2 is 2.06 bits per heavy atom. The van der Waals surface area contributed by atoms with Crippen molar-refractivity contribution < 1.29 is 9.13 Å². The lowest BCUT2D eigenvalue weighted by molar-refractivity contribution is 0.460. The van der Waals surface area contributed by atoms with E-state index in [1.165, 1.54) is 24.3 Å². The Morgan fingerprint density at radius 1 is 1.28 bits per heavy atom. The van der Waals surface area contributed by atoms with Gasteiger partial charge in [0.25, 0.3) is 0 Å². The number of rotatable bonds is 3. The zero-order valence-corrected chi connectivity index (χ0v) is 10.6. The molecular formula is C10H9BrFN5O. The molecule has 1 aromatic carbocycles. The van der Waals surface area contributed by atoms with Crippen molar-refractivity contribution >= 4 is 27.7 Å². The Labute approximate surface area is 110 Å². The molecular weight excluding hydrogens is 305 g/mol. The number of nitrogen functional groups attached to an aromatic ring is 2. The molecule has 0 radical (unpaired) electrons. The van der Waals surface area contributed by atoms with Crippen molar-refractivity contribution in [2.75, 3.05) is 11.2 Å². The lowest BCUT2D eigenvalue weighted by Gasteiger charge is -2.07. The average Bonchev–Trinajstić information content (AvgIpc) is 2.33. The monoisotopic (exact) mass is 313 g/mol. The fourth-order valence-electron chi connectivity index (χ4n) is 1.23. The van der Waals surface area contributed by atoms with Gasteiger partial charge in [0.2, 0.25) is 11.8 Å². The van der Waals surface area contributed by atoms with Crippen LogP contribution in [0.15, 0.2) is 28.7 Å². The van der Waals surface area contributed by atoms with Crippen molar-refractivity contribution in [3.05, 3.63) is 34.6 Å². The maximum atomic E-state index is 13.0. The Kier molecular flexibility index (Phi) is 3.58. The molecule has 0 amide bonds. The van der Waals surface area contributed by atoms with Crippen molar-refractivity contribution in [1.29, 1.82) is 0 Å². The van der Waals surface area contributed by atoms with Crippen LogP contribution < -0.4 is 21.7 Å². The summed E-state index contributed by atoms with van der Waals surface area (Å²) in [6.07, 6.45) is 0. The van der Waals surface area contributed by atoms with Crippen LogP contribution in [0, 0.1) is 5.82 Å². The number of anilines is 2. The molecule has 1 aromatic heterocycles. The molecule has 0 saturated heterocycles. The Hall–Kier alpha value is -1.93. The second kappa shape index (κ2) is 5.15. The van der Waals surface area contributed by atoms with E-state index < -0.39 is 0 Å². The molecule has 2 rings (SSSR count). The Bertz CT molecular complexity index is 580. The molecule has 5 N–H and O–H groups in total. The van der Waals surface area contributed by atoms with Crippen LogP contribution in [0.25, 0.3) is 0 Å². The number of nitrogens with two attached hydrogens (primary N) is 2. The minimum Gasteiger partial charge on any atom is -0.439 e. The molecule has 0 aliphatic carbocycles. The predicted molar refractivity (Wildman–Crippen MR) is 68.4 cm³/mol. The number of benzene rings is 1. The number of ether oxygens (including phenoxy) is 1. The lowest BCUT2D eigenvalue weighted by Crippen LogP contribution is -2.10. The maximum absolute atomic E-state index is 13.0. The minimum absolute atomic E-state index is 0.0154. The number of hydrazine groups is 1. The maximum Gasteiger partial charge on any atom is 0.226 e. The van der Waals surface area contributed by atoms with Crippen molar-refractivity contribution in [3.63, 3.8) is 0 Å². The smallest absolute Gasteiger partial charge is 0.226 e. The summed E-state index contributed by atoms with van der Waals surface area (Å²) in [5.41, 5.74) is 7.81. The molecule has 0 saturated carbocycles. The summed E-state index contributed by atoms with van der Waals surface area (Å²) in [6, 6.07) is 5.68. The van der Waals surface area contributed by atoms with Crippen molar-refractivity contribution in [1.82, 2.24) is 9.97 Å². The predicted octanol–water partition coefficient (Wildman–Crippen LogP) is 2.04. The van der Waals surface area contributed by atoms with Crippen LogP contribution in [-0.2, 0) is 0 Å². The first-order valence-electron chi connectivity index (χ1n) is 4.82. The van der Waals surface area contributed by atoms with Gasteiger partial charge in [0, 0.05) is 6.07 Å². The van der Waals surface area contributed by atoms with Gasteiger partial charge in [0.15, 0.2) is 0 Å². The van der Waals surface area contributed by atoms with Gasteiger partial charge in [-0.25, -0.2) is 10.2 Å². The number of hydrogen-bond donors (Lipinski definition) is 3. The molecule has 0 aliphatic heterocycles. The zero-order valence-electron chi connectivity index (χ0n) is 9.02. The van der Waals surface area contributed by atoms with Crippen molar-refractivity contribution in [2.24, 2.45) is 5.84 Å². The lowest BCUT2D eigenvalue weighted by atomic mass is 10.3. The molecule has 0 fully saturated rings. The molecule has 0 bridgehead atoms. The van der Waals surface area contributed by atoms with Crippen LogP contribution in [0.2, 0.25) is 0 Å². The van der Waals surface area contributed by atoms with Gasteiger partial charge in [0.05, 0.1) is 4.47 Å². The van der Waals surface area contributed by atoms with Gasteiger partial charge >= 0.3 is 0 Å². The van der Waals surface area contributed by atoms with Gasteiger partial charge in [-0.1, -0.05) is 0 Å². The normalized spacial score (nSPS) is 10.2. The summed E-state index contributed by atoms with van der Waals surface area (Å²) in [5, 5.41) is 0. The van der Waals surface area contributed by atoms with E-state index >= 15 is 0 Å². The number of nitrogens with zero attached hydrogens (tertiary/aromatic N) is 2. The van der Waals surface area contributed by atoms with Gasteiger partial charge in [-0.3, -0.25) is 0 Å². The van der Waals surface area contributed by atoms with Crippen LogP contribution in [0.5, 0.6) is 11.6 Å². The molecule has 8 heteroatoms. The highest BCUT2D eigenvalue weighted by Gasteiger charge is 2.06. The number of halogens is 2. The van der Waals surface area contributed by atoms with Crippen LogP contribution in [-0.4, -0.2) is 9.97 Å². The molecule has 0 spiro atoms. The van der Waals surface area contributed by atoms with E-state index in [0.29, 0.717) is 16.0 Å². The highest BCUT2D eigenvalue weighted by molar-refractivity contribution is 9.10. The summed E-state index contributed by atoms with van der Waals surface area (Å²) >= 11 is 3.06. The minimum atomic E-state index is -0.381. The fourth-order valence-corrected chi connectivity index (χ4v) is 1.59. The zero-order chi connectivity index (χ0) is 13.1. The first-order chi connectivity index (χ1) is 8.58. The summed E-state index contributed by atoms with van der Waals surface area (Å²) < 4.78 is 18.8. The molecule has 1 heterocycles. The number of nitrogens with one attached hydrogen (secondary N) is 1. The quantitative estimate of drug-likeness (QED) is 0.592. The highest BCUT2D eigenvalue weighted by atomic mass is 79.9. The van der Waals surface area contributed by atoms with E-state index in [4.69, 9.17) is 16.3 Å². The van der Waals surface area contributed by atoms with E-state index in [9.17, 15) is 4.39 Å². The third-order valence-electron chi connectivity index (χ3n) is 1.98. The van der Waals surface area contributed by atoms with Crippen molar-refractivity contribution in [2.45, 2.75) is 0 Å². The molecule has 94 valence electrons. The first-order valence-corrected chi connectivity index (χ1v) is 5.62.